The van der Waals surface area contributed by atoms with Gasteiger partial charge in [0.25, 0.3) is 5.91 Å². The lowest BCUT2D eigenvalue weighted by atomic mass is 9.98. The van der Waals surface area contributed by atoms with Crippen LogP contribution in [0.5, 0.6) is 5.75 Å². The van der Waals surface area contributed by atoms with Gasteiger partial charge in [0.2, 0.25) is 5.60 Å². The van der Waals surface area contributed by atoms with Crippen LogP contribution in [-0.4, -0.2) is 29.4 Å². The molecular weight excluding hydrogens is 304 g/mol. The summed E-state index contributed by atoms with van der Waals surface area (Å²) < 4.78 is 5.09. The first kappa shape index (κ1) is 15.8. The second kappa shape index (κ2) is 6.19. The zero-order chi connectivity index (χ0) is 17.2. The maximum atomic E-state index is 12.6. The molecule has 1 amide bonds. The van der Waals surface area contributed by atoms with Gasteiger partial charge < -0.3 is 9.84 Å². The molecular formula is C19H16N2O3. The predicted octanol–water partition coefficient (Wildman–Crippen LogP) is 2.20. The maximum absolute atomic E-state index is 12.6. The molecule has 1 aliphatic heterocycles. The summed E-state index contributed by atoms with van der Waals surface area (Å²) in [5.41, 5.74) is -0.417. The van der Waals surface area contributed by atoms with E-state index >= 15 is 0 Å². The Morgan fingerprint density at radius 3 is 2.42 bits per heavy atom. The van der Waals surface area contributed by atoms with Crippen LogP contribution >= 0.6 is 0 Å². The minimum Gasteiger partial charge on any atom is -0.497 e. The lowest BCUT2D eigenvalue weighted by molar-refractivity contribution is -0.126. The minimum absolute atomic E-state index is 0.248. The Morgan fingerprint density at radius 1 is 1.12 bits per heavy atom. The summed E-state index contributed by atoms with van der Waals surface area (Å²) >= 11 is 0. The molecule has 1 aliphatic rings. The molecule has 1 unspecified atom stereocenters. The summed E-state index contributed by atoms with van der Waals surface area (Å²) in [4.78, 5) is 12.6. The molecule has 1 heterocycles. The fourth-order valence-electron chi connectivity index (χ4n) is 2.30. The topological polar surface area (TPSA) is 62.1 Å². The van der Waals surface area contributed by atoms with Gasteiger partial charge in [-0.3, -0.25) is 4.79 Å². The molecule has 0 bridgehead atoms. The summed E-state index contributed by atoms with van der Waals surface area (Å²) in [5.74, 6) is 5.62. The van der Waals surface area contributed by atoms with Crippen molar-refractivity contribution in [3.8, 4) is 17.6 Å². The largest absolute Gasteiger partial charge is 0.497 e. The molecule has 0 radical (unpaired) electrons. The summed E-state index contributed by atoms with van der Waals surface area (Å²) in [6.07, 6.45) is 0. The lowest BCUT2D eigenvalue weighted by Gasteiger charge is -2.16. The first-order chi connectivity index (χ1) is 11.5. The van der Waals surface area contributed by atoms with Crippen molar-refractivity contribution >= 4 is 17.3 Å². The van der Waals surface area contributed by atoms with Gasteiger partial charge in [0.1, 0.15) is 5.75 Å². The number of amides is 1. The van der Waals surface area contributed by atoms with Crippen molar-refractivity contribution in [3.05, 3.63) is 60.2 Å². The molecule has 2 aromatic carbocycles. The van der Waals surface area contributed by atoms with Crippen molar-refractivity contribution < 1.29 is 14.6 Å². The van der Waals surface area contributed by atoms with Crippen LogP contribution in [0, 0.1) is 11.8 Å². The van der Waals surface area contributed by atoms with Gasteiger partial charge in [-0.1, -0.05) is 24.1 Å². The van der Waals surface area contributed by atoms with E-state index in [1.165, 1.54) is 5.01 Å². The lowest BCUT2D eigenvalue weighted by Crippen LogP contribution is -2.44. The summed E-state index contributed by atoms with van der Waals surface area (Å²) in [7, 11) is 1.58. The maximum Gasteiger partial charge on any atom is 0.298 e. The Balaban J connectivity index is 1.89. The van der Waals surface area contributed by atoms with Gasteiger partial charge in [0, 0.05) is 5.56 Å². The number of hydrogen-bond donors (Lipinski definition) is 1. The van der Waals surface area contributed by atoms with Gasteiger partial charge in [0.05, 0.1) is 18.5 Å². The highest BCUT2D eigenvalue weighted by Gasteiger charge is 2.47. The van der Waals surface area contributed by atoms with E-state index in [4.69, 9.17) is 4.74 Å². The second-order valence-corrected chi connectivity index (χ2v) is 5.33. The molecule has 0 aromatic heterocycles. The molecule has 0 aliphatic carbocycles. The number of methoxy groups -OCH3 is 1. The van der Waals surface area contributed by atoms with Crippen LogP contribution in [0.3, 0.4) is 0 Å². The van der Waals surface area contributed by atoms with E-state index in [-0.39, 0.29) is 5.71 Å². The average Bonchev–Trinajstić information content (AvgIpc) is 2.86. The number of ether oxygens (including phenoxy) is 1. The summed E-state index contributed by atoms with van der Waals surface area (Å²) in [6, 6.07) is 16.0. The highest BCUT2D eigenvalue weighted by atomic mass is 16.5. The van der Waals surface area contributed by atoms with Crippen molar-refractivity contribution in [3.63, 3.8) is 0 Å². The predicted molar refractivity (Wildman–Crippen MR) is 91.9 cm³/mol. The van der Waals surface area contributed by atoms with E-state index in [0.29, 0.717) is 17.0 Å². The molecule has 2 aromatic rings. The van der Waals surface area contributed by atoms with Gasteiger partial charge in [0.15, 0.2) is 0 Å². The van der Waals surface area contributed by atoms with Crippen molar-refractivity contribution in [2.24, 2.45) is 5.10 Å². The Bertz CT molecular complexity index is 848. The standard InChI is InChI=1S/C19H16N2O3/c1-14-19(23,13-12-15-8-10-17(24-2)11-9-15)18(22)21(20-14)16-6-4-3-5-7-16/h3-11,23H,1-2H3. The number of para-hydroxylation sites is 1. The molecule has 120 valence electrons. The number of carbonyl (C=O) groups is 1. The Kier molecular flexibility index (Phi) is 4.07. The number of nitrogens with zero attached hydrogens (tertiary/aromatic N) is 2. The van der Waals surface area contributed by atoms with Crippen molar-refractivity contribution in [1.82, 2.24) is 0 Å². The number of rotatable bonds is 2. The van der Waals surface area contributed by atoms with E-state index in [0.717, 1.165) is 0 Å². The molecule has 5 heteroatoms. The normalized spacial score (nSPS) is 19.5. The third-order valence-electron chi connectivity index (χ3n) is 3.75. The van der Waals surface area contributed by atoms with Crippen LogP contribution in [0.25, 0.3) is 0 Å². The zero-order valence-electron chi connectivity index (χ0n) is 13.4. The SMILES string of the molecule is COc1ccc(C#CC2(O)C(=O)N(c3ccccc3)N=C2C)cc1. The van der Waals surface area contributed by atoms with E-state index in [1.54, 1.807) is 62.6 Å². The van der Waals surface area contributed by atoms with Gasteiger partial charge >= 0.3 is 0 Å². The molecule has 1 atom stereocenters. The summed E-state index contributed by atoms with van der Waals surface area (Å²) in [5, 5.41) is 16.0. The van der Waals surface area contributed by atoms with E-state index in [9.17, 15) is 9.90 Å². The fraction of sp³-hybridized carbons (Fsp3) is 0.158. The number of carbonyl (C=O) groups excluding carboxylic acids is 1. The Hall–Kier alpha value is -3.10. The molecule has 0 fully saturated rings. The van der Waals surface area contributed by atoms with Gasteiger partial charge in [-0.05, 0) is 49.2 Å². The number of anilines is 1. The number of hydrogen-bond acceptors (Lipinski definition) is 4. The number of aliphatic hydroxyl groups is 1. The average molecular weight is 320 g/mol. The van der Waals surface area contributed by atoms with E-state index in [1.807, 2.05) is 6.07 Å². The van der Waals surface area contributed by atoms with Crippen molar-refractivity contribution in [1.29, 1.82) is 0 Å². The van der Waals surface area contributed by atoms with Crippen LogP contribution < -0.4 is 9.75 Å². The molecule has 0 saturated heterocycles. The molecule has 0 spiro atoms. The number of hydrazone groups is 1. The molecule has 5 nitrogen and oxygen atoms in total. The highest BCUT2D eigenvalue weighted by molar-refractivity contribution is 6.23. The van der Waals surface area contributed by atoms with Crippen LogP contribution in [0.15, 0.2) is 59.7 Å². The van der Waals surface area contributed by atoms with E-state index in [2.05, 4.69) is 16.9 Å². The zero-order valence-corrected chi connectivity index (χ0v) is 13.4. The van der Waals surface area contributed by atoms with Gasteiger partial charge in [-0.25, -0.2) is 0 Å². The van der Waals surface area contributed by atoms with Gasteiger partial charge in [-0.15, -0.1) is 0 Å². The quantitative estimate of drug-likeness (QED) is 0.863. The second-order valence-electron chi connectivity index (χ2n) is 5.33. The first-order valence-corrected chi connectivity index (χ1v) is 7.39. The highest BCUT2D eigenvalue weighted by Crippen LogP contribution is 2.26. The smallest absolute Gasteiger partial charge is 0.298 e. The Morgan fingerprint density at radius 2 is 1.79 bits per heavy atom. The van der Waals surface area contributed by atoms with Crippen LogP contribution in [-0.2, 0) is 4.79 Å². The first-order valence-electron chi connectivity index (χ1n) is 7.39. The minimum atomic E-state index is -1.92. The molecule has 3 rings (SSSR count). The van der Waals surface area contributed by atoms with E-state index < -0.39 is 11.5 Å². The molecule has 24 heavy (non-hydrogen) atoms. The third kappa shape index (κ3) is 2.75. The monoisotopic (exact) mass is 320 g/mol. The van der Waals surface area contributed by atoms with Crippen molar-refractivity contribution in [2.75, 3.05) is 12.1 Å². The van der Waals surface area contributed by atoms with Crippen LogP contribution in [0.4, 0.5) is 5.69 Å². The third-order valence-corrected chi connectivity index (χ3v) is 3.75. The summed E-state index contributed by atoms with van der Waals surface area (Å²) in [6.45, 7) is 1.59. The molecule has 1 N–H and O–H groups in total. The van der Waals surface area contributed by atoms with Crippen LogP contribution in [0.2, 0.25) is 0 Å². The molecule has 0 saturated carbocycles. The van der Waals surface area contributed by atoms with Crippen LogP contribution in [0.1, 0.15) is 12.5 Å². The van der Waals surface area contributed by atoms with Gasteiger partial charge in [-0.2, -0.15) is 10.1 Å². The number of benzene rings is 2. The van der Waals surface area contributed by atoms with Crippen molar-refractivity contribution in [2.45, 2.75) is 12.5 Å². The fourth-order valence-corrected chi connectivity index (χ4v) is 2.30. The Labute approximate surface area is 140 Å².